The number of halogens is 4. The minimum atomic E-state index is -4.90. The van der Waals surface area contributed by atoms with E-state index in [0.29, 0.717) is 45.3 Å². The Morgan fingerprint density at radius 3 is 2.32 bits per heavy atom. The van der Waals surface area contributed by atoms with E-state index in [0.717, 1.165) is 6.26 Å². The van der Waals surface area contributed by atoms with Crippen LogP contribution in [0.3, 0.4) is 0 Å². The zero-order valence-electron chi connectivity index (χ0n) is 25.9. The van der Waals surface area contributed by atoms with Gasteiger partial charge in [-0.25, -0.2) is 13.1 Å². The molecule has 0 radical (unpaired) electrons. The van der Waals surface area contributed by atoms with Crippen LogP contribution < -0.4 is 24.4 Å². The Morgan fingerprint density at radius 1 is 1.02 bits per heavy atom. The minimum Gasteiger partial charge on any atom is -0.497 e. The maximum Gasteiger partial charge on any atom is 0.573 e. The summed E-state index contributed by atoms with van der Waals surface area (Å²) >= 11 is 6.11. The molecule has 1 aliphatic rings. The van der Waals surface area contributed by atoms with E-state index in [-0.39, 0.29) is 12.3 Å². The average molecular weight is 697 g/mol. The molecule has 3 aromatic rings. The van der Waals surface area contributed by atoms with Crippen molar-refractivity contribution < 1.29 is 45.5 Å². The Labute approximate surface area is 274 Å². The molecule has 252 valence electrons. The van der Waals surface area contributed by atoms with Gasteiger partial charge in [-0.15, -0.1) is 13.2 Å². The molecule has 47 heavy (non-hydrogen) atoms. The lowest BCUT2D eigenvalue weighted by Crippen LogP contribution is -2.45. The van der Waals surface area contributed by atoms with Crippen LogP contribution in [0.1, 0.15) is 43.5 Å². The lowest BCUT2D eigenvalue weighted by molar-refractivity contribution is -0.274. The van der Waals surface area contributed by atoms with Crippen molar-refractivity contribution in [1.82, 2.24) is 4.72 Å². The molecule has 4 rings (SSSR count). The first-order valence-electron chi connectivity index (χ1n) is 14.0. The number of methoxy groups -OCH3 is 1. The Hall–Kier alpha value is -4.50. The monoisotopic (exact) mass is 696 g/mol. The van der Waals surface area contributed by atoms with E-state index in [1.807, 2.05) is 4.72 Å². The number of benzene rings is 3. The Kier molecular flexibility index (Phi) is 10.3. The van der Waals surface area contributed by atoms with Gasteiger partial charge in [0.25, 0.3) is 11.8 Å². The number of anilines is 2. The van der Waals surface area contributed by atoms with Gasteiger partial charge >= 0.3 is 6.36 Å². The zero-order chi connectivity index (χ0) is 34.7. The number of alkyl halides is 3. The predicted octanol–water partition coefficient (Wildman–Crippen LogP) is 5.58. The van der Waals surface area contributed by atoms with Crippen LogP contribution in [0.5, 0.6) is 11.5 Å². The second-order valence-corrected chi connectivity index (χ2v) is 13.3. The molecule has 0 aliphatic carbocycles. The summed E-state index contributed by atoms with van der Waals surface area (Å²) < 4.78 is 73.2. The van der Waals surface area contributed by atoms with Gasteiger partial charge in [-0.3, -0.25) is 9.59 Å². The van der Waals surface area contributed by atoms with Crippen molar-refractivity contribution in [2.75, 3.05) is 30.1 Å². The van der Waals surface area contributed by atoms with Crippen LogP contribution in [-0.2, 0) is 30.9 Å². The largest absolute Gasteiger partial charge is 0.573 e. The van der Waals surface area contributed by atoms with E-state index < -0.39 is 45.6 Å². The second kappa shape index (κ2) is 13.7. The summed E-state index contributed by atoms with van der Waals surface area (Å²) in [6.45, 7) is 4.51. The highest BCUT2D eigenvalue weighted by atomic mass is 35.5. The molecule has 1 unspecified atom stereocenters. The van der Waals surface area contributed by atoms with Gasteiger partial charge in [0.05, 0.1) is 24.8 Å². The molecule has 11 nitrogen and oxygen atoms in total. The van der Waals surface area contributed by atoms with Crippen molar-refractivity contribution in [2.45, 2.75) is 45.2 Å². The zero-order valence-corrected chi connectivity index (χ0v) is 27.5. The molecule has 1 heterocycles. The third-order valence-electron chi connectivity index (χ3n) is 7.01. The Morgan fingerprint density at radius 2 is 1.70 bits per heavy atom. The topological polar surface area (TPSA) is 136 Å². The van der Waals surface area contributed by atoms with Crippen molar-refractivity contribution in [3.63, 3.8) is 0 Å². The van der Waals surface area contributed by atoms with Crippen LogP contribution in [0.15, 0.2) is 65.8 Å². The fourth-order valence-electron chi connectivity index (χ4n) is 4.63. The number of nitrogens with one attached hydrogen (secondary N) is 2. The molecule has 2 amide bonds. The molecule has 0 spiro atoms. The van der Waals surface area contributed by atoms with Gasteiger partial charge in [0, 0.05) is 35.0 Å². The molecule has 1 aliphatic heterocycles. The maximum absolute atomic E-state index is 14.2. The molecule has 2 N–H and O–H groups in total. The highest BCUT2D eigenvalue weighted by Crippen LogP contribution is 2.37. The number of hydrogen-bond acceptors (Lipinski definition) is 9. The summed E-state index contributed by atoms with van der Waals surface area (Å²) in [5.41, 5.74) is 1.02. The first-order valence-corrected chi connectivity index (χ1v) is 16.3. The third kappa shape index (κ3) is 9.29. The summed E-state index contributed by atoms with van der Waals surface area (Å²) in [7, 11) is -2.39. The molecular weight excluding hydrogens is 665 g/mol. The van der Waals surface area contributed by atoms with Crippen molar-refractivity contribution >= 4 is 50.5 Å². The standard InChI is InChI=1S/C31H32ClF3N4O7S/c1-18(37-46-30(2,3)29(41)38-47(5,42)43)21-14-23(16-25(15-21)44-4)36-27(20-6-9-22(32)10-7-20)28(40)39-13-12-19-8-11-24(17-26(19)39)45-31(33,34)35/h6-11,14-17,27,36H,12-13H2,1-5H3,(H,38,41). The van der Waals surface area contributed by atoms with E-state index in [1.165, 1.54) is 44.1 Å². The summed E-state index contributed by atoms with van der Waals surface area (Å²) in [5, 5.41) is 7.68. The van der Waals surface area contributed by atoms with Crippen molar-refractivity contribution in [3.8, 4) is 11.5 Å². The minimum absolute atomic E-state index is 0.227. The Bertz CT molecular complexity index is 1800. The van der Waals surface area contributed by atoms with E-state index in [4.69, 9.17) is 21.2 Å². The van der Waals surface area contributed by atoms with Crippen molar-refractivity contribution in [2.24, 2.45) is 5.16 Å². The molecule has 16 heteroatoms. The van der Waals surface area contributed by atoms with Gasteiger partial charge in [-0.1, -0.05) is 35.0 Å². The van der Waals surface area contributed by atoms with E-state index in [1.54, 1.807) is 49.4 Å². The number of ether oxygens (including phenoxy) is 2. The lowest BCUT2D eigenvalue weighted by Gasteiger charge is -2.27. The smallest absolute Gasteiger partial charge is 0.497 e. The van der Waals surface area contributed by atoms with Gasteiger partial charge in [-0.05, 0) is 68.7 Å². The number of oxime groups is 1. The number of fused-ring (bicyclic) bond motifs is 1. The number of carbonyl (C=O) groups is 2. The summed E-state index contributed by atoms with van der Waals surface area (Å²) in [4.78, 5) is 33.3. The fraction of sp³-hybridized carbons (Fsp3) is 0.323. The molecule has 3 aromatic carbocycles. The van der Waals surface area contributed by atoms with Crippen LogP contribution in [-0.4, -0.2) is 57.8 Å². The summed E-state index contributed by atoms with van der Waals surface area (Å²) in [6, 6.07) is 14.3. The van der Waals surface area contributed by atoms with Crippen LogP contribution in [0, 0.1) is 0 Å². The maximum atomic E-state index is 14.2. The number of nitrogens with zero attached hydrogens (tertiary/aromatic N) is 2. The molecular formula is C31H32ClF3N4O7S. The molecule has 0 saturated carbocycles. The summed E-state index contributed by atoms with van der Waals surface area (Å²) in [6.07, 6.45) is -3.63. The predicted molar refractivity (Wildman–Crippen MR) is 170 cm³/mol. The van der Waals surface area contributed by atoms with Crippen LogP contribution in [0.2, 0.25) is 5.02 Å². The van der Waals surface area contributed by atoms with Crippen molar-refractivity contribution in [1.29, 1.82) is 0 Å². The first kappa shape index (κ1) is 35.4. The molecule has 0 fully saturated rings. The van der Waals surface area contributed by atoms with E-state index in [2.05, 4.69) is 15.2 Å². The summed E-state index contributed by atoms with van der Waals surface area (Å²) in [5.74, 6) is -1.45. The van der Waals surface area contributed by atoms with Crippen LogP contribution in [0.4, 0.5) is 24.5 Å². The SMILES string of the molecule is COc1cc(NC(C(=O)N2CCc3ccc(OC(F)(F)F)cc32)c2ccc(Cl)cc2)cc(C(C)=NOC(C)(C)C(=O)NS(C)(=O)=O)c1. The van der Waals surface area contributed by atoms with Gasteiger partial charge in [0.1, 0.15) is 17.5 Å². The van der Waals surface area contributed by atoms with Crippen LogP contribution >= 0.6 is 11.6 Å². The first-order chi connectivity index (χ1) is 21.8. The quantitative estimate of drug-likeness (QED) is 0.196. The van der Waals surface area contributed by atoms with E-state index >= 15 is 0 Å². The molecule has 0 aromatic heterocycles. The number of sulfonamides is 1. The van der Waals surface area contributed by atoms with E-state index in [9.17, 15) is 31.2 Å². The number of carbonyl (C=O) groups excluding carboxylic acids is 2. The van der Waals surface area contributed by atoms with Gasteiger partial charge < -0.3 is 24.5 Å². The average Bonchev–Trinajstić information content (AvgIpc) is 3.40. The molecule has 0 bridgehead atoms. The third-order valence-corrected chi connectivity index (χ3v) is 7.82. The van der Waals surface area contributed by atoms with Gasteiger partial charge in [0.15, 0.2) is 0 Å². The van der Waals surface area contributed by atoms with Crippen LogP contribution in [0.25, 0.3) is 0 Å². The highest BCUT2D eigenvalue weighted by Gasteiger charge is 2.35. The van der Waals surface area contributed by atoms with Gasteiger partial charge in [0.2, 0.25) is 15.6 Å². The fourth-order valence-corrected chi connectivity index (χ4v) is 5.34. The Balaban J connectivity index is 1.67. The number of hydrogen-bond donors (Lipinski definition) is 2. The van der Waals surface area contributed by atoms with Crippen molar-refractivity contribution in [3.05, 3.63) is 82.4 Å². The molecule has 0 saturated heterocycles. The second-order valence-electron chi connectivity index (χ2n) is 11.1. The number of rotatable bonds is 11. The normalized spacial score (nSPS) is 14.2. The lowest BCUT2D eigenvalue weighted by atomic mass is 10.0. The highest BCUT2D eigenvalue weighted by molar-refractivity contribution is 7.89. The number of amides is 2. The molecule has 1 atom stereocenters. The van der Waals surface area contributed by atoms with Gasteiger partial charge in [-0.2, -0.15) is 0 Å².